The molecule has 0 N–H and O–H groups in total. The molecule has 0 spiro atoms. The zero-order valence-electron chi connectivity index (χ0n) is 8.41. The molecule has 3 unspecified atom stereocenters. The Balaban J connectivity index is 1.75. The smallest absolute Gasteiger partial charge is 0.124 e. The summed E-state index contributed by atoms with van der Waals surface area (Å²) in [7, 11) is 0. The fraction of sp³-hybridized carbons (Fsp3) is 0.909. The van der Waals surface area contributed by atoms with Gasteiger partial charge in [0.05, 0.1) is 0 Å². The van der Waals surface area contributed by atoms with E-state index in [0.717, 1.165) is 31.1 Å². The van der Waals surface area contributed by atoms with Crippen molar-refractivity contribution in [2.45, 2.75) is 26.2 Å². The number of aldehydes is 1. The average molecular weight is 181 g/mol. The zero-order valence-corrected chi connectivity index (χ0v) is 8.41. The van der Waals surface area contributed by atoms with Crippen molar-refractivity contribution < 1.29 is 4.79 Å². The minimum Gasteiger partial charge on any atom is -0.303 e. The average Bonchev–Trinajstić information content (AvgIpc) is 2.82. The Morgan fingerprint density at radius 1 is 1.54 bits per heavy atom. The first kappa shape index (κ1) is 9.20. The van der Waals surface area contributed by atoms with Gasteiger partial charge in [0.25, 0.3) is 0 Å². The van der Waals surface area contributed by atoms with Gasteiger partial charge in [-0.1, -0.05) is 6.92 Å². The number of hydrogen-bond acceptors (Lipinski definition) is 2. The van der Waals surface area contributed by atoms with Crippen molar-refractivity contribution in [3.63, 3.8) is 0 Å². The highest BCUT2D eigenvalue weighted by Crippen LogP contribution is 2.38. The van der Waals surface area contributed by atoms with Crippen molar-refractivity contribution in [3.05, 3.63) is 0 Å². The molecule has 13 heavy (non-hydrogen) atoms. The first-order valence-electron chi connectivity index (χ1n) is 5.47. The molecule has 0 aromatic heterocycles. The van der Waals surface area contributed by atoms with E-state index >= 15 is 0 Å². The van der Waals surface area contributed by atoms with E-state index in [-0.39, 0.29) is 0 Å². The molecule has 0 aromatic rings. The third-order valence-electron chi connectivity index (χ3n) is 3.50. The van der Waals surface area contributed by atoms with Gasteiger partial charge in [0.15, 0.2) is 0 Å². The number of carbonyl (C=O) groups excluding carboxylic acids is 1. The van der Waals surface area contributed by atoms with Crippen molar-refractivity contribution in [3.8, 4) is 0 Å². The summed E-state index contributed by atoms with van der Waals surface area (Å²) in [5.74, 6) is 2.20. The third kappa shape index (κ3) is 2.31. The summed E-state index contributed by atoms with van der Waals surface area (Å²) in [6.45, 7) is 5.80. The van der Waals surface area contributed by atoms with E-state index in [9.17, 15) is 4.79 Å². The second-order valence-electron chi connectivity index (χ2n) is 4.77. The van der Waals surface area contributed by atoms with Crippen LogP contribution in [-0.2, 0) is 4.79 Å². The van der Waals surface area contributed by atoms with Gasteiger partial charge in [-0.3, -0.25) is 0 Å². The van der Waals surface area contributed by atoms with Crippen LogP contribution >= 0.6 is 0 Å². The van der Waals surface area contributed by atoms with Gasteiger partial charge in [-0.15, -0.1) is 0 Å². The normalized spacial score (nSPS) is 40.2. The van der Waals surface area contributed by atoms with Crippen molar-refractivity contribution in [2.24, 2.45) is 17.8 Å². The number of rotatable bonds is 3. The summed E-state index contributed by atoms with van der Waals surface area (Å²) in [4.78, 5) is 13.1. The quantitative estimate of drug-likeness (QED) is 0.616. The molecule has 2 nitrogen and oxygen atoms in total. The second-order valence-corrected chi connectivity index (χ2v) is 4.77. The van der Waals surface area contributed by atoms with Crippen LogP contribution in [0.25, 0.3) is 0 Å². The number of piperidine rings is 1. The predicted octanol–water partition coefficient (Wildman–Crippen LogP) is 1.55. The van der Waals surface area contributed by atoms with Gasteiger partial charge in [0, 0.05) is 19.0 Å². The molecule has 0 radical (unpaired) electrons. The Hall–Kier alpha value is -0.370. The van der Waals surface area contributed by atoms with Crippen molar-refractivity contribution in [2.75, 3.05) is 19.6 Å². The number of likely N-dealkylation sites (tertiary alicyclic amines) is 1. The summed E-state index contributed by atoms with van der Waals surface area (Å²) in [6, 6.07) is 0. The zero-order chi connectivity index (χ0) is 9.26. The van der Waals surface area contributed by atoms with Crippen LogP contribution in [0.2, 0.25) is 0 Å². The van der Waals surface area contributed by atoms with E-state index in [1.807, 2.05) is 0 Å². The molecular formula is C11H19NO. The molecule has 3 atom stereocenters. The maximum atomic E-state index is 10.6. The lowest BCUT2D eigenvalue weighted by atomic mass is 9.99. The van der Waals surface area contributed by atoms with Gasteiger partial charge in [-0.2, -0.15) is 0 Å². The SMILES string of the molecule is CC1CC1CN1CCCC(C=O)C1. The van der Waals surface area contributed by atoms with E-state index in [4.69, 9.17) is 0 Å². The topological polar surface area (TPSA) is 20.3 Å². The molecule has 1 saturated carbocycles. The van der Waals surface area contributed by atoms with E-state index in [1.165, 1.54) is 25.9 Å². The van der Waals surface area contributed by atoms with E-state index < -0.39 is 0 Å². The fourth-order valence-corrected chi connectivity index (χ4v) is 2.35. The molecule has 2 heteroatoms. The molecule has 2 fully saturated rings. The van der Waals surface area contributed by atoms with Crippen LogP contribution in [0.3, 0.4) is 0 Å². The summed E-state index contributed by atoms with van der Waals surface area (Å²) in [5.41, 5.74) is 0. The Bertz CT molecular complexity index is 193. The summed E-state index contributed by atoms with van der Waals surface area (Å²) < 4.78 is 0. The molecule has 0 amide bonds. The Morgan fingerprint density at radius 3 is 2.92 bits per heavy atom. The van der Waals surface area contributed by atoms with Crippen LogP contribution < -0.4 is 0 Å². The lowest BCUT2D eigenvalue weighted by molar-refractivity contribution is -0.112. The highest BCUT2D eigenvalue weighted by atomic mass is 16.1. The van der Waals surface area contributed by atoms with Crippen LogP contribution in [0, 0.1) is 17.8 Å². The number of hydrogen-bond donors (Lipinski definition) is 0. The van der Waals surface area contributed by atoms with Gasteiger partial charge >= 0.3 is 0 Å². The highest BCUT2D eigenvalue weighted by Gasteiger charge is 2.34. The third-order valence-corrected chi connectivity index (χ3v) is 3.50. The minimum absolute atomic E-state index is 0.322. The standard InChI is InChI=1S/C11H19NO/c1-9-5-11(9)7-12-4-2-3-10(6-12)8-13/h8-11H,2-7H2,1H3. The van der Waals surface area contributed by atoms with E-state index in [1.54, 1.807) is 0 Å². The monoisotopic (exact) mass is 181 g/mol. The molecule has 74 valence electrons. The van der Waals surface area contributed by atoms with Crippen LogP contribution in [0.15, 0.2) is 0 Å². The Labute approximate surface area is 80.3 Å². The summed E-state index contributed by atoms with van der Waals surface area (Å²) >= 11 is 0. The molecule has 1 aliphatic carbocycles. The van der Waals surface area contributed by atoms with Crippen LogP contribution in [-0.4, -0.2) is 30.8 Å². The van der Waals surface area contributed by atoms with Crippen LogP contribution in [0.1, 0.15) is 26.2 Å². The fourth-order valence-electron chi connectivity index (χ4n) is 2.35. The minimum atomic E-state index is 0.322. The lowest BCUT2D eigenvalue weighted by Crippen LogP contribution is -2.37. The first-order chi connectivity index (χ1) is 6.29. The highest BCUT2D eigenvalue weighted by molar-refractivity contribution is 5.53. The summed E-state index contributed by atoms with van der Waals surface area (Å²) in [6.07, 6.45) is 4.87. The molecular weight excluding hydrogens is 162 g/mol. The van der Waals surface area contributed by atoms with Crippen molar-refractivity contribution in [1.82, 2.24) is 4.90 Å². The maximum Gasteiger partial charge on any atom is 0.124 e. The molecule has 2 rings (SSSR count). The maximum absolute atomic E-state index is 10.6. The van der Waals surface area contributed by atoms with E-state index in [2.05, 4.69) is 11.8 Å². The molecule has 0 aromatic carbocycles. The Kier molecular flexibility index (Phi) is 2.68. The molecule has 0 bridgehead atoms. The largest absolute Gasteiger partial charge is 0.303 e. The van der Waals surface area contributed by atoms with E-state index in [0.29, 0.717) is 5.92 Å². The Morgan fingerprint density at radius 2 is 2.31 bits per heavy atom. The molecule has 2 aliphatic rings. The van der Waals surface area contributed by atoms with Gasteiger partial charge in [0.1, 0.15) is 6.29 Å². The van der Waals surface area contributed by atoms with Crippen molar-refractivity contribution in [1.29, 1.82) is 0 Å². The molecule has 1 saturated heterocycles. The second kappa shape index (κ2) is 3.79. The summed E-state index contributed by atoms with van der Waals surface area (Å²) in [5, 5.41) is 0. The van der Waals surface area contributed by atoms with Crippen LogP contribution in [0.5, 0.6) is 0 Å². The van der Waals surface area contributed by atoms with Crippen LogP contribution in [0.4, 0.5) is 0 Å². The predicted molar refractivity (Wildman–Crippen MR) is 52.5 cm³/mol. The van der Waals surface area contributed by atoms with Crippen molar-refractivity contribution >= 4 is 6.29 Å². The van der Waals surface area contributed by atoms with Gasteiger partial charge in [-0.05, 0) is 37.6 Å². The molecule has 1 aliphatic heterocycles. The van der Waals surface area contributed by atoms with Gasteiger partial charge < -0.3 is 9.69 Å². The van der Waals surface area contributed by atoms with Gasteiger partial charge in [-0.25, -0.2) is 0 Å². The first-order valence-corrected chi connectivity index (χ1v) is 5.47. The number of nitrogens with zero attached hydrogens (tertiary/aromatic N) is 1. The number of carbonyl (C=O) groups is 1. The molecule has 1 heterocycles. The lowest BCUT2D eigenvalue weighted by Gasteiger charge is -2.30. The van der Waals surface area contributed by atoms with Gasteiger partial charge in [0.2, 0.25) is 0 Å².